The maximum absolute atomic E-state index is 4.79. The summed E-state index contributed by atoms with van der Waals surface area (Å²) in [4.78, 5) is 2.57. The van der Waals surface area contributed by atoms with E-state index in [0.29, 0.717) is 0 Å². The minimum Gasteiger partial charge on any atom is -0.339 e. The van der Waals surface area contributed by atoms with Crippen LogP contribution in [0.4, 0.5) is 5.69 Å². The highest BCUT2D eigenvalue weighted by Gasteiger charge is 2.43. The number of fused-ring (bicyclic) bond motifs is 4. The van der Waals surface area contributed by atoms with Gasteiger partial charge in [-0.2, -0.15) is 0 Å². The van der Waals surface area contributed by atoms with Gasteiger partial charge in [-0.25, -0.2) is 0 Å². The molecule has 1 atom stereocenters. The van der Waals surface area contributed by atoms with Gasteiger partial charge in [-0.3, -0.25) is 0 Å². The third kappa shape index (κ3) is 5.38. The lowest BCUT2D eigenvalue weighted by Crippen LogP contribution is -2.28. The van der Waals surface area contributed by atoms with Crippen LogP contribution in [0.15, 0.2) is 163 Å². The number of rotatable bonds is 8. The predicted molar refractivity (Wildman–Crippen MR) is 208 cm³/mol. The van der Waals surface area contributed by atoms with Gasteiger partial charge in [0.15, 0.2) is 0 Å². The summed E-state index contributed by atoms with van der Waals surface area (Å²) in [6, 6.07) is 48.4. The van der Waals surface area contributed by atoms with Gasteiger partial charge in [0.2, 0.25) is 0 Å². The number of allylic oxidation sites excluding steroid dienone is 5. The quantitative estimate of drug-likeness (QED) is 0.152. The van der Waals surface area contributed by atoms with Crippen molar-refractivity contribution >= 4 is 32.8 Å². The lowest BCUT2D eigenvalue weighted by Gasteiger charge is -2.32. The summed E-state index contributed by atoms with van der Waals surface area (Å²) in [6.07, 6.45) is 5.80. The van der Waals surface area contributed by atoms with Crippen molar-refractivity contribution < 1.29 is 0 Å². The Morgan fingerprint density at radius 1 is 0.729 bits per heavy atom. The zero-order chi connectivity index (χ0) is 33.5. The first-order valence-electron chi connectivity index (χ1n) is 17.2. The largest absolute Gasteiger partial charge is 0.339 e. The Balaban J connectivity index is 1.44. The van der Waals surface area contributed by atoms with Crippen molar-refractivity contribution in [2.75, 3.05) is 4.90 Å². The lowest BCUT2D eigenvalue weighted by molar-refractivity contribution is 0.548. The van der Waals surface area contributed by atoms with Crippen molar-refractivity contribution in [2.45, 2.75) is 58.4 Å². The molecule has 1 nitrogen and oxygen atoms in total. The van der Waals surface area contributed by atoms with E-state index >= 15 is 0 Å². The molecule has 0 saturated heterocycles. The summed E-state index contributed by atoms with van der Waals surface area (Å²) in [5, 5.41) is 5.18. The summed E-state index contributed by atoms with van der Waals surface area (Å²) >= 11 is 0. The maximum atomic E-state index is 4.79. The zero-order valence-electron chi connectivity index (χ0n) is 28.9. The molecule has 0 N–H and O–H groups in total. The molecular formula is C47H45N. The van der Waals surface area contributed by atoms with Gasteiger partial charge in [0.25, 0.3) is 0 Å². The number of hydrogen-bond acceptors (Lipinski definition) is 1. The molecule has 0 bridgehead atoms. The van der Waals surface area contributed by atoms with Crippen LogP contribution in [0, 0.1) is 6.92 Å². The van der Waals surface area contributed by atoms with Crippen LogP contribution < -0.4 is 4.90 Å². The number of aryl methyl sites for hydroxylation is 1. The van der Waals surface area contributed by atoms with Gasteiger partial charge in [0.05, 0.1) is 0 Å². The smallest absolute Gasteiger partial charge is 0.0479 e. The number of nitrogens with zero attached hydrogens (tertiary/aromatic N) is 1. The summed E-state index contributed by atoms with van der Waals surface area (Å²) < 4.78 is 0. The minimum atomic E-state index is -0.296. The highest BCUT2D eigenvalue weighted by molar-refractivity contribution is 5.96. The summed E-state index contributed by atoms with van der Waals surface area (Å²) in [6.45, 7) is 17.3. The van der Waals surface area contributed by atoms with E-state index in [9.17, 15) is 0 Å². The van der Waals surface area contributed by atoms with Crippen LogP contribution in [-0.2, 0) is 17.4 Å². The summed E-state index contributed by atoms with van der Waals surface area (Å²) in [7, 11) is 0. The predicted octanol–water partition coefficient (Wildman–Crippen LogP) is 12.5. The Morgan fingerprint density at radius 3 is 2.00 bits per heavy atom. The molecule has 48 heavy (non-hydrogen) atoms. The van der Waals surface area contributed by atoms with Crippen LogP contribution in [0.3, 0.4) is 0 Å². The van der Waals surface area contributed by atoms with Crippen molar-refractivity contribution in [1.29, 1.82) is 0 Å². The van der Waals surface area contributed by atoms with E-state index < -0.39 is 0 Å². The van der Waals surface area contributed by atoms with Crippen LogP contribution >= 0.6 is 0 Å². The second kappa shape index (κ2) is 12.5. The molecule has 1 heteroatoms. The van der Waals surface area contributed by atoms with E-state index in [2.05, 4.69) is 185 Å². The fraction of sp³-hybridized carbons (Fsp3) is 0.191. The first-order chi connectivity index (χ1) is 23.2. The van der Waals surface area contributed by atoms with Gasteiger partial charge in [-0.15, -0.1) is 0 Å². The molecule has 1 heterocycles. The Kier molecular flexibility index (Phi) is 8.17. The fourth-order valence-corrected chi connectivity index (χ4v) is 7.88. The molecule has 0 saturated carbocycles. The van der Waals surface area contributed by atoms with Gasteiger partial charge in [-0.05, 0) is 92.9 Å². The molecule has 0 spiro atoms. The molecule has 0 amide bonds. The molecule has 7 rings (SSSR count). The molecule has 238 valence electrons. The molecule has 0 aromatic heterocycles. The first kappa shape index (κ1) is 31.5. The van der Waals surface area contributed by atoms with Gasteiger partial charge in [-0.1, -0.05) is 161 Å². The van der Waals surface area contributed by atoms with Crippen molar-refractivity contribution in [3.8, 4) is 0 Å². The third-order valence-corrected chi connectivity index (χ3v) is 10.8. The number of hydrogen-bond donors (Lipinski definition) is 0. The molecule has 0 radical (unpaired) electrons. The van der Waals surface area contributed by atoms with Crippen LogP contribution in [0.5, 0.6) is 0 Å². The van der Waals surface area contributed by atoms with Crippen LogP contribution in [0.2, 0.25) is 0 Å². The minimum absolute atomic E-state index is 0.193. The highest BCUT2D eigenvalue weighted by atomic mass is 15.2. The molecule has 1 aliphatic heterocycles. The molecule has 6 aromatic rings. The SMILES string of the molecule is C=C(/C=C(/C=C1/N(Cc2ccccc2)c2ccc3ccccc3c2C1(C)CC)c1ccccc1)C(C)(C)c1c(C)ccc2ccccc12. The van der Waals surface area contributed by atoms with Crippen molar-refractivity contribution in [2.24, 2.45) is 0 Å². The van der Waals surface area contributed by atoms with Crippen LogP contribution in [-0.4, -0.2) is 0 Å². The zero-order valence-corrected chi connectivity index (χ0v) is 28.9. The summed E-state index contributed by atoms with van der Waals surface area (Å²) in [5.41, 5.74) is 10.9. The summed E-state index contributed by atoms with van der Waals surface area (Å²) in [5.74, 6) is 0. The van der Waals surface area contributed by atoms with E-state index in [1.807, 2.05) is 0 Å². The molecular weight excluding hydrogens is 579 g/mol. The Morgan fingerprint density at radius 2 is 1.31 bits per heavy atom. The fourth-order valence-electron chi connectivity index (χ4n) is 7.88. The maximum Gasteiger partial charge on any atom is 0.0479 e. The Labute approximate surface area is 286 Å². The first-order valence-corrected chi connectivity index (χ1v) is 17.2. The highest BCUT2D eigenvalue weighted by Crippen LogP contribution is 2.54. The molecule has 0 fully saturated rings. The number of anilines is 1. The second-order valence-electron chi connectivity index (χ2n) is 14.1. The topological polar surface area (TPSA) is 3.24 Å². The standard InChI is InChI=1S/C47H45N/c1-7-47(6)43(48(32-35-18-10-8-11-19-35)42-29-28-38-23-15-17-25-41(38)45(42)47)31-39(36-20-12-9-13-21-36)30-34(3)46(4,5)44-33(2)26-27-37-22-14-16-24-40(37)44/h8-31H,3,7,32H2,1-2,4-6H3/b39-30-,43-31+. The van der Waals surface area contributed by atoms with E-state index in [-0.39, 0.29) is 10.8 Å². The van der Waals surface area contributed by atoms with Gasteiger partial charge < -0.3 is 4.90 Å². The monoisotopic (exact) mass is 623 g/mol. The van der Waals surface area contributed by atoms with E-state index in [1.165, 1.54) is 66.3 Å². The second-order valence-corrected chi connectivity index (χ2v) is 14.1. The normalized spacial score (nSPS) is 17.3. The molecule has 1 unspecified atom stereocenters. The Hall–Kier alpha value is -5.14. The van der Waals surface area contributed by atoms with Gasteiger partial charge in [0, 0.05) is 28.8 Å². The van der Waals surface area contributed by atoms with E-state index in [0.717, 1.165) is 18.5 Å². The molecule has 0 aliphatic carbocycles. The lowest BCUT2D eigenvalue weighted by atomic mass is 9.73. The number of benzene rings is 6. The average molecular weight is 624 g/mol. The van der Waals surface area contributed by atoms with E-state index in [4.69, 9.17) is 6.58 Å². The van der Waals surface area contributed by atoms with Crippen molar-refractivity contribution in [3.63, 3.8) is 0 Å². The molecule has 1 aliphatic rings. The van der Waals surface area contributed by atoms with Gasteiger partial charge >= 0.3 is 0 Å². The van der Waals surface area contributed by atoms with Crippen molar-refractivity contribution in [3.05, 3.63) is 191 Å². The van der Waals surface area contributed by atoms with Crippen LogP contribution in [0.1, 0.15) is 61.9 Å². The average Bonchev–Trinajstić information content (AvgIpc) is 3.35. The van der Waals surface area contributed by atoms with Crippen LogP contribution in [0.25, 0.3) is 27.1 Å². The van der Waals surface area contributed by atoms with Crippen molar-refractivity contribution in [1.82, 2.24) is 0 Å². The van der Waals surface area contributed by atoms with Gasteiger partial charge in [0.1, 0.15) is 0 Å². The molecule has 6 aromatic carbocycles. The Bertz CT molecular complexity index is 2200. The van der Waals surface area contributed by atoms with E-state index in [1.54, 1.807) is 0 Å². The third-order valence-electron chi connectivity index (χ3n) is 10.8.